The van der Waals surface area contributed by atoms with Gasteiger partial charge in [-0.2, -0.15) is 0 Å². The highest BCUT2D eigenvalue weighted by atomic mass is 32.1. The first-order valence-electron chi connectivity index (χ1n) is 6.22. The van der Waals surface area contributed by atoms with Crippen molar-refractivity contribution >= 4 is 28.6 Å². The van der Waals surface area contributed by atoms with Crippen LogP contribution >= 0.6 is 11.3 Å². The van der Waals surface area contributed by atoms with Gasteiger partial charge in [-0.05, 0) is 25.1 Å². The number of aryl methyl sites for hydroxylation is 1. The molecule has 1 amide bonds. The SMILES string of the molecule is Cc1ccc(NC(=O)c2csc(CCN)n2)c([N+](=O)[O-])c1. The molecule has 110 valence electrons. The monoisotopic (exact) mass is 306 g/mol. The normalized spacial score (nSPS) is 10.4. The third-order valence-corrected chi connectivity index (χ3v) is 3.65. The largest absolute Gasteiger partial charge is 0.330 e. The molecule has 3 N–H and O–H groups in total. The van der Waals surface area contributed by atoms with Crippen LogP contribution in [-0.2, 0) is 6.42 Å². The van der Waals surface area contributed by atoms with Crippen LogP contribution in [0.15, 0.2) is 23.6 Å². The summed E-state index contributed by atoms with van der Waals surface area (Å²) in [6, 6.07) is 4.62. The van der Waals surface area contributed by atoms with Crippen molar-refractivity contribution in [2.24, 2.45) is 5.73 Å². The van der Waals surface area contributed by atoms with Crippen LogP contribution in [0.4, 0.5) is 11.4 Å². The van der Waals surface area contributed by atoms with E-state index in [2.05, 4.69) is 10.3 Å². The minimum Gasteiger partial charge on any atom is -0.330 e. The summed E-state index contributed by atoms with van der Waals surface area (Å²) in [5.74, 6) is -0.471. The van der Waals surface area contributed by atoms with E-state index in [-0.39, 0.29) is 17.1 Å². The molecule has 0 aliphatic rings. The summed E-state index contributed by atoms with van der Waals surface area (Å²) < 4.78 is 0. The molecular formula is C13H14N4O3S. The summed E-state index contributed by atoms with van der Waals surface area (Å²) in [5, 5.41) is 15.9. The number of nitrogens with zero attached hydrogens (tertiary/aromatic N) is 2. The first-order valence-corrected chi connectivity index (χ1v) is 7.10. The van der Waals surface area contributed by atoms with Crippen LogP contribution in [0, 0.1) is 17.0 Å². The molecule has 0 bridgehead atoms. The summed E-state index contributed by atoms with van der Waals surface area (Å²) in [5.41, 5.74) is 6.43. The number of hydrogen-bond donors (Lipinski definition) is 2. The van der Waals surface area contributed by atoms with Crippen molar-refractivity contribution in [2.45, 2.75) is 13.3 Å². The van der Waals surface area contributed by atoms with Gasteiger partial charge in [-0.25, -0.2) is 4.98 Å². The smallest absolute Gasteiger partial charge is 0.293 e. The van der Waals surface area contributed by atoms with Gasteiger partial charge in [0.25, 0.3) is 11.6 Å². The number of rotatable bonds is 5. The fourth-order valence-electron chi connectivity index (χ4n) is 1.74. The van der Waals surface area contributed by atoms with E-state index in [1.807, 2.05) is 0 Å². The Morgan fingerprint density at radius 1 is 1.52 bits per heavy atom. The Balaban J connectivity index is 2.20. The van der Waals surface area contributed by atoms with E-state index < -0.39 is 10.8 Å². The fourth-order valence-corrected chi connectivity index (χ4v) is 2.53. The number of nitro benzene ring substituents is 1. The van der Waals surface area contributed by atoms with E-state index in [4.69, 9.17) is 5.73 Å². The first kappa shape index (κ1) is 15.1. The molecule has 0 spiro atoms. The maximum absolute atomic E-state index is 12.1. The zero-order chi connectivity index (χ0) is 15.4. The molecule has 2 aromatic rings. The molecular weight excluding hydrogens is 292 g/mol. The number of carbonyl (C=O) groups excluding carboxylic acids is 1. The molecule has 0 radical (unpaired) electrons. The molecule has 0 atom stereocenters. The third-order valence-electron chi connectivity index (χ3n) is 2.74. The van der Waals surface area contributed by atoms with Crippen molar-refractivity contribution in [3.63, 3.8) is 0 Å². The van der Waals surface area contributed by atoms with E-state index in [1.54, 1.807) is 18.4 Å². The summed E-state index contributed by atoms with van der Waals surface area (Å²) in [6.45, 7) is 2.20. The first-order chi connectivity index (χ1) is 10.0. The average Bonchev–Trinajstić information content (AvgIpc) is 2.89. The number of thiazole rings is 1. The van der Waals surface area contributed by atoms with Crippen LogP contribution in [0.5, 0.6) is 0 Å². The van der Waals surface area contributed by atoms with Crippen LogP contribution in [-0.4, -0.2) is 22.4 Å². The van der Waals surface area contributed by atoms with Crippen LogP contribution in [0.2, 0.25) is 0 Å². The summed E-state index contributed by atoms with van der Waals surface area (Å²) in [4.78, 5) is 26.7. The molecule has 0 aliphatic carbocycles. The van der Waals surface area contributed by atoms with E-state index in [0.29, 0.717) is 13.0 Å². The fraction of sp³-hybridized carbons (Fsp3) is 0.231. The van der Waals surface area contributed by atoms with Gasteiger partial charge in [0.1, 0.15) is 11.4 Å². The molecule has 0 saturated heterocycles. The highest BCUT2D eigenvalue weighted by Crippen LogP contribution is 2.26. The van der Waals surface area contributed by atoms with Crippen LogP contribution in [0.25, 0.3) is 0 Å². The minimum atomic E-state index is -0.524. The number of hydrogen-bond acceptors (Lipinski definition) is 6. The second-order valence-electron chi connectivity index (χ2n) is 4.40. The molecule has 7 nitrogen and oxygen atoms in total. The predicted molar refractivity (Wildman–Crippen MR) is 80.7 cm³/mol. The van der Waals surface area contributed by atoms with Crippen molar-refractivity contribution in [2.75, 3.05) is 11.9 Å². The van der Waals surface area contributed by atoms with Crippen LogP contribution in [0.1, 0.15) is 21.1 Å². The third kappa shape index (κ3) is 3.61. The van der Waals surface area contributed by atoms with Crippen molar-refractivity contribution in [1.82, 2.24) is 4.98 Å². The van der Waals surface area contributed by atoms with Gasteiger partial charge in [0.15, 0.2) is 0 Å². The number of aromatic nitrogens is 1. The number of nitrogens with two attached hydrogens (primary N) is 1. The maximum Gasteiger partial charge on any atom is 0.293 e. The molecule has 1 aromatic heterocycles. The van der Waals surface area contributed by atoms with Crippen molar-refractivity contribution in [3.8, 4) is 0 Å². The highest BCUT2D eigenvalue weighted by molar-refractivity contribution is 7.09. The van der Waals surface area contributed by atoms with Gasteiger partial charge in [0, 0.05) is 17.9 Å². The van der Waals surface area contributed by atoms with Crippen molar-refractivity contribution in [1.29, 1.82) is 0 Å². The topological polar surface area (TPSA) is 111 Å². The lowest BCUT2D eigenvalue weighted by molar-refractivity contribution is -0.384. The lowest BCUT2D eigenvalue weighted by atomic mass is 10.2. The van der Waals surface area contributed by atoms with Crippen LogP contribution in [0.3, 0.4) is 0 Å². The standard InChI is InChI=1S/C13H14N4O3S/c1-8-2-3-9(11(6-8)17(19)20)16-13(18)10-7-21-12(15-10)4-5-14/h2-3,6-7H,4-5,14H2,1H3,(H,16,18). The lowest BCUT2D eigenvalue weighted by Gasteiger charge is -2.05. The second kappa shape index (κ2) is 6.42. The van der Waals surface area contributed by atoms with Gasteiger partial charge in [0.05, 0.1) is 9.93 Å². The van der Waals surface area contributed by atoms with E-state index >= 15 is 0 Å². The second-order valence-corrected chi connectivity index (χ2v) is 5.34. The Bertz CT molecular complexity index is 684. The zero-order valence-electron chi connectivity index (χ0n) is 11.3. The number of nitrogens with one attached hydrogen (secondary N) is 1. The number of nitro groups is 1. The zero-order valence-corrected chi connectivity index (χ0v) is 12.1. The van der Waals surface area contributed by atoms with Gasteiger partial charge in [-0.3, -0.25) is 14.9 Å². The number of anilines is 1. The lowest BCUT2D eigenvalue weighted by Crippen LogP contribution is -2.14. The molecule has 8 heteroatoms. The van der Waals surface area contributed by atoms with Gasteiger partial charge >= 0.3 is 0 Å². The van der Waals surface area contributed by atoms with Crippen LogP contribution < -0.4 is 11.1 Å². The molecule has 2 rings (SSSR count). The van der Waals surface area contributed by atoms with Gasteiger partial charge in [-0.1, -0.05) is 6.07 Å². The van der Waals surface area contributed by atoms with Crippen molar-refractivity contribution in [3.05, 3.63) is 50.0 Å². The molecule has 0 unspecified atom stereocenters. The molecule has 0 aliphatic heterocycles. The van der Waals surface area contributed by atoms with Gasteiger partial charge in [-0.15, -0.1) is 11.3 Å². The van der Waals surface area contributed by atoms with E-state index in [9.17, 15) is 14.9 Å². The Morgan fingerprint density at radius 3 is 2.95 bits per heavy atom. The quantitative estimate of drug-likeness (QED) is 0.649. The van der Waals surface area contributed by atoms with E-state index in [0.717, 1.165) is 10.6 Å². The maximum atomic E-state index is 12.1. The molecule has 1 heterocycles. The Kier molecular flexibility index (Phi) is 4.61. The highest BCUT2D eigenvalue weighted by Gasteiger charge is 2.18. The average molecular weight is 306 g/mol. The summed E-state index contributed by atoms with van der Waals surface area (Å²) in [7, 11) is 0. The molecule has 21 heavy (non-hydrogen) atoms. The Hall–Kier alpha value is -2.32. The number of benzene rings is 1. The van der Waals surface area contributed by atoms with E-state index in [1.165, 1.54) is 23.5 Å². The number of amides is 1. The Morgan fingerprint density at radius 2 is 2.29 bits per heavy atom. The molecule has 0 saturated carbocycles. The molecule has 1 aromatic carbocycles. The minimum absolute atomic E-state index is 0.138. The predicted octanol–water partition coefficient (Wildman–Crippen LogP) is 2.11. The summed E-state index contributed by atoms with van der Waals surface area (Å²) in [6.07, 6.45) is 0.600. The molecule has 0 fully saturated rings. The Labute approximate surface area is 125 Å². The van der Waals surface area contributed by atoms with Gasteiger partial charge < -0.3 is 11.1 Å². The number of carbonyl (C=O) groups is 1. The van der Waals surface area contributed by atoms with Gasteiger partial charge in [0.2, 0.25) is 0 Å². The summed E-state index contributed by atoms with van der Waals surface area (Å²) >= 11 is 1.34. The van der Waals surface area contributed by atoms with Crippen molar-refractivity contribution < 1.29 is 9.72 Å².